The molecule has 1 aromatic heterocycles. The summed E-state index contributed by atoms with van der Waals surface area (Å²) >= 11 is 0. The lowest BCUT2D eigenvalue weighted by molar-refractivity contribution is 0.186. The third kappa shape index (κ3) is 5.14. The van der Waals surface area contributed by atoms with Crippen LogP contribution >= 0.6 is 0 Å². The number of nitrogens with zero attached hydrogens (tertiary/aromatic N) is 2. The van der Waals surface area contributed by atoms with Crippen molar-refractivity contribution in [1.82, 2.24) is 15.2 Å². The number of hydrogen-bond donors (Lipinski definition) is 1. The second-order valence-corrected chi connectivity index (χ2v) is 5.47. The SMILES string of the molecule is CCC(c1ccncc1)N(C)C(=O)NCCOc1ccc(F)c(F)c1. The van der Waals surface area contributed by atoms with Crippen LogP contribution in [0.5, 0.6) is 5.75 Å². The van der Waals surface area contributed by atoms with Crippen LogP contribution in [-0.2, 0) is 0 Å². The van der Waals surface area contributed by atoms with Crippen LogP contribution in [0.15, 0.2) is 42.7 Å². The Kier molecular flexibility index (Phi) is 6.68. The minimum absolute atomic E-state index is 0.0601. The molecule has 134 valence electrons. The number of nitrogens with one attached hydrogen (secondary N) is 1. The van der Waals surface area contributed by atoms with Crippen LogP contribution < -0.4 is 10.1 Å². The van der Waals surface area contributed by atoms with Crippen LogP contribution in [0.25, 0.3) is 0 Å². The standard InChI is InChI=1S/C18H21F2N3O2/c1-3-17(13-6-8-21-9-7-13)23(2)18(24)22-10-11-25-14-4-5-15(19)16(20)12-14/h4-9,12,17H,3,10-11H2,1-2H3,(H,22,24). The van der Waals surface area contributed by atoms with Gasteiger partial charge in [-0.25, -0.2) is 13.6 Å². The van der Waals surface area contributed by atoms with E-state index in [1.54, 1.807) is 24.3 Å². The molecule has 2 rings (SSSR count). The van der Waals surface area contributed by atoms with Gasteiger partial charge in [0, 0.05) is 25.5 Å². The van der Waals surface area contributed by atoms with Gasteiger partial charge in [-0.15, -0.1) is 0 Å². The number of carbonyl (C=O) groups excluding carboxylic acids is 1. The van der Waals surface area contributed by atoms with Crippen molar-refractivity contribution in [3.8, 4) is 5.75 Å². The second-order valence-electron chi connectivity index (χ2n) is 5.47. The summed E-state index contributed by atoms with van der Waals surface area (Å²) in [5, 5.41) is 2.74. The quantitative estimate of drug-likeness (QED) is 0.778. The van der Waals surface area contributed by atoms with Gasteiger partial charge >= 0.3 is 6.03 Å². The Labute approximate surface area is 145 Å². The molecule has 1 aromatic carbocycles. The Morgan fingerprint density at radius 1 is 1.24 bits per heavy atom. The maximum Gasteiger partial charge on any atom is 0.317 e. The molecule has 2 amide bonds. The first kappa shape index (κ1) is 18.6. The third-order valence-corrected chi connectivity index (χ3v) is 3.80. The van der Waals surface area contributed by atoms with Crippen LogP contribution in [-0.4, -0.2) is 36.1 Å². The molecule has 1 N–H and O–H groups in total. The van der Waals surface area contributed by atoms with E-state index in [0.717, 1.165) is 24.1 Å². The van der Waals surface area contributed by atoms with Gasteiger partial charge in [-0.3, -0.25) is 4.98 Å². The first-order chi connectivity index (χ1) is 12.0. The summed E-state index contributed by atoms with van der Waals surface area (Å²) in [6, 6.07) is 6.77. The summed E-state index contributed by atoms with van der Waals surface area (Å²) in [7, 11) is 1.72. The topological polar surface area (TPSA) is 54.5 Å². The molecule has 7 heteroatoms. The predicted molar refractivity (Wildman–Crippen MR) is 90.3 cm³/mol. The van der Waals surface area contributed by atoms with E-state index in [9.17, 15) is 13.6 Å². The van der Waals surface area contributed by atoms with Crippen molar-refractivity contribution >= 4 is 6.03 Å². The zero-order valence-electron chi connectivity index (χ0n) is 14.2. The summed E-state index contributed by atoms with van der Waals surface area (Å²) in [4.78, 5) is 17.9. The molecular formula is C18H21F2N3O2. The van der Waals surface area contributed by atoms with Gasteiger partial charge in [0.2, 0.25) is 0 Å². The minimum Gasteiger partial charge on any atom is -0.492 e. The molecule has 0 saturated heterocycles. The van der Waals surface area contributed by atoms with Crippen molar-refractivity contribution < 1.29 is 18.3 Å². The number of aromatic nitrogens is 1. The number of ether oxygens (including phenoxy) is 1. The van der Waals surface area contributed by atoms with Gasteiger partial charge in [-0.05, 0) is 36.2 Å². The maximum atomic E-state index is 13.1. The number of rotatable bonds is 7. The fourth-order valence-corrected chi connectivity index (χ4v) is 2.48. The number of benzene rings is 1. The highest BCUT2D eigenvalue weighted by Gasteiger charge is 2.19. The minimum atomic E-state index is -0.968. The smallest absolute Gasteiger partial charge is 0.317 e. The van der Waals surface area contributed by atoms with Crippen LogP contribution in [0.2, 0.25) is 0 Å². The molecule has 0 aliphatic carbocycles. The normalized spacial score (nSPS) is 11.7. The second kappa shape index (κ2) is 8.96. The Bertz CT molecular complexity index is 698. The van der Waals surface area contributed by atoms with Crippen molar-refractivity contribution in [1.29, 1.82) is 0 Å². The van der Waals surface area contributed by atoms with Crippen LogP contribution in [0, 0.1) is 11.6 Å². The van der Waals surface area contributed by atoms with Crippen LogP contribution in [0.4, 0.5) is 13.6 Å². The van der Waals surface area contributed by atoms with Gasteiger partial charge in [0.1, 0.15) is 12.4 Å². The van der Waals surface area contributed by atoms with Gasteiger partial charge in [-0.1, -0.05) is 6.92 Å². The summed E-state index contributed by atoms with van der Waals surface area (Å²) in [5.74, 6) is -1.68. The van der Waals surface area contributed by atoms with Gasteiger partial charge in [0.15, 0.2) is 11.6 Å². The Morgan fingerprint density at radius 3 is 2.60 bits per heavy atom. The van der Waals surface area contributed by atoms with Gasteiger partial charge in [0.25, 0.3) is 0 Å². The van der Waals surface area contributed by atoms with E-state index in [0.29, 0.717) is 0 Å². The zero-order valence-corrected chi connectivity index (χ0v) is 14.2. The molecule has 0 bridgehead atoms. The van der Waals surface area contributed by atoms with Crippen molar-refractivity contribution in [2.75, 3.05) is 20.2 Å². The Hall–Kier alpha value is -2.70. The number of pyridine rings is 1. The average molecular weight is 349 g/mol. The number of halogens is 2. The van der Waals surface area contributed by atoms with Gasteiger partial charge in [-0.2, -0.15) is 0 Å². The molecule has 25 heavy (non-hydrogen) atoms. The lowest BCUT2D eigenvalue weighted by atomic mass is 10.1. The molecule has 5 nitrogen and oxygen atoms in total. The van der Waals surface area contributed by atoms with Gasteiger partial charge in [0.05, 0.1) is 12.6 Å². The summed E-state index contributed by atoms with van der Waals surface area (Å²) in [6.07, 6.45) is 4.15. The number of carbonyl (C=O) groups is 1. The lowest BCUT2D eigenvalue weighted by Crippen LogP contribution is -2.41. The van der Waals surface area contributed by atoms with E-state index in [2.05, 4.69) is 10.3 Å². The molecular weight excluding hydrogens is 328 g/mol. The number of hydrogen-bond acceptors (Lipinski definition) is 3. The zero-order chi connectivity index (χ0) is 18.2. The monoisotopic (exact) mass is 349 g/mol. The Balaban J connectivity index is 1.81. The molecule has 2 aromatic rings. The van der Waals surface area contributed by atoms with E-state index in [1.165, 1.54) is 6.07 Å². The molecule has 1 heterocycles. The summed E-state index contributed by atoms with van der Waals surface area (Å²) in [5.41, 5.74) is 1.01. The molecule has 0 aliphatic rings. The van der Waals surface area contributed by atoms with Crippen molar-refractivity contribution in [3.63, 3.8) is 0 Å². The summed E-state index contributed by atoms with van der Waals surface area (Å²) < 4.78 is 31.2. The predicted octanol–water partition coefficient (Wildman–Crippen LogP) is 3.53. The first-order valence-corrected chi connectivity index (χ1v) is 8.01. The van der Waals surface area contributed by atoms with Crippen molar-refractivity contribution in [2.45, 2.75) is 19.4 Å². The summed E-state index contributed by atoms with van der Waals surface area (Å²) in [6.45, 7) is 2.40. The highest BCUT2D eigenvalue weighted by Crippen LogP contribution is 2.22. The highest BCUT2D eigenvalue weighted by atomic mass is 19.2. The van der Waals surface area contributed by atoms with E-state index >= 15 is 0 Å². The van der Waals surface area contributed by atoms with Crippen LogP contribution in [0.1, 0.15) is 24.9 Å². The van der Waals surface area contributed by atoms with Gasteiger partial charge < -0.3 is 15.0 Å². The van der Waals surface area contributed by atoms with E-state index in [-0.39, 0.29) is 31.0 Å². The number of amides is 2. The molecule has 1 atom stereocenters. The molecule has 0 saturated carbocycles. The highest BCUT2D eigenvalue weighted by molar-refractivity contribution is 5.74. The van der Waals surface area contributed by atoms with Crippen molar-refractivity contribution in [2.24, 2.45) is 0 Å². The third-order valence-electron chi connectivity index (χ3n) is 3.80. The molecule has 0 spiro atoms. The Morgan fingerprint density at radius 2 is 1.96 bits per heavy atom. The molecule has 1 unspecified atom stereocenters. The molecule has 0 fully saturated rings. The molecule has 0 aliphatic heterocycles. The fraction of sp³-hybridized carbons (Fsp3) is 0.333. The van der Waals surface area contributed by atoms with E-state index in [1.807, 2.05) is 19.1 Å². The lowest BCUT2D eigenvalue weighted by Gasteiger charge is -2.27. The first-order valence-electron chi connectivity index (χ1n) is 8.01. The van der Waals surface area contributed by atoms with Crippen molar-refractivity contribution in [3.05, 3.63) is 59.9 Å². The number of urea groups is 1. The fourth-order valence-electron chi connectivity index (χ4n) is 2.48. The maximum absolute atomic E-state index is 13.1. The van der Waals surface area contributed by atoms with Crippen LogP contribution in [0.3, 0.4) is 0 Å². The van der Waals surface area contributed by atoms with E-state index < -0.39 is 11.6 Å². The van der Waals surface area contributed by atoms with E-state index in [4.69, 9.17) is 4.74 Å². The average Bonchev–Trinajstić information content (AvgIpc) is 2.63. The molecule has 0 radical (unpaired) electrons. The largest absolute Gasteiger partial charge is 0.492 e.